The van der Waals surface area contributed by atoms with Crippen molar-refractivity contribution in [3.05, 3.63) is 22.4 Å². The molecule has 1 heterocycles. The maximum atomic E-state index is 3.78. The van der Waals surface area contributed by atoms with Crippen molar-refractivity contribution in [3.8, 4) is 0 Å². The van der Waals surface area contributed by atoms with Crippen molar-refractivity contribution in [2.45, 2.75) is 51.6 Å². The lowest BCUT2D eigenvalue weighted by Gasteiger charge is -2.36. The maximum absolute atomic E-state index is 3.78. The monoisotopic (exact) mass is 223 g/mol. The Labute approximate surface area is 96.9 Å². The average Bonchev–Trinajstić information content (AvgIpc) is 2.66. The summed E-state index contributed by atoms with van der Waals surface area (Å²) >= 11 is 1.88. The van der Waals surface area contributed by atoms with E-state index in [9.17, 15) is 0 Å². The van der Waals surface area contributed by atoms with Gasteiger partial charge < -0.3 is 5.32 Å². The normalized spacial score (nSPS) is 27.3. The Bertz CT molecular complexity index is 275. The first kappa shape index (κ1) is 11.2. The minimum absolute atomic E-state index is 0.682. The van der Waals surface area contributed by atoms with Gasteiger partial charge in [0.15, 0.2) is 0 Å². The van der Waals surface area contributed by atoms with Crippen LogP contribution < -0.4 is 5.32 Å². The van der Waals surface area contributed by atoms with Gasteiger partial charge >= 0.3 is 0 Å². The van der Waals surface area contributed by atoms with Crippen LogP contribution in [0.25, 0.3) is 0 Å². The van der Waals surface area contributed by atoms with Crippen LogP contribution in [0.3, 0.4) is 0 Å². The van der Waals surface area contributed by atoms with E-state index in [-0.39, 0.29) is 0 Å². The first-order valence-electron chi connectivity index (χ1n) is 6.06. The zero-order chi connectivity index (χ0) is 10.7. The van der Waals surface area contributed by atoms with E-state index >= 15 is 0 Å². The van der Waals surface area contributed by atoms with Crippen LogP contribution in [-0.2, 0) is 6.42 Å². The third kappa shape index (κ3) is 3.05. The molecule has 15 heavy (non-hydrogen) atoms. The SMILES string of the molecule is CCC(Cc1cccs1)NC1CC(C)C1. The molecule has 2 rings (SSSR count). The van der Waals surface area contributed by atoms with Crippen LogP contribution in [0.2, 0.25) is 0 Å². The molecule has 1 N–H and O–H groups in total. The molecule has 1 fully saturated rings. The highest BCUT2D eigenvalue weighted by Crippen LogP contribution is 2.27. The van der Waals surface area contributed by atoms with Gasteiger partial charge in [0.1, 0.15) is 0 Å². The summed E-state index contributed by atoms with van der Waals surface area (Å²) in [5.41, 5.74) is 0. The van der Waals surface area contributed by atoms with Gasteiger partial charge in [-0.2, -0.15) is 0 Å². The fraction of sp³-hybridized carbons (Fsp3) is 0.692. The lowest BCUT2D eigenvalue weighted by molar-refractivity contribution is 0.219. The molecule has 1 nitrogen and oxygen atoms in total. The Balaban J connectivity index is 1.77. The van der Waals surface area contributed by atoms with Gasteiger partial charge in [-0.1, -0.05) is 19.9 Å². The molecule has 1 atom stereocenters. The van der Waals surface area contributed by atoms with Gasteiger partial charge in [0.2, 0.25) is 0 Å². The van der Waals surface area contributed by atoms with Crippen molar-refractivity contribution in [2.24, 2.45) is 5.92 Å². The lowest BCUT2D eigenvalue weighted by atomic mass is 9.81. The summed E-state index contributed by atoms with van der Waals surface area (Å²) in [6.45, 7) is 4.63. The molecule has 0 saturated heterocycles. The Morgan fingerprint density at radius 2 is 2.33 bits per heavy atom. The number of hydrogen-bond donors (Lipinski definition) is 1. The van der Waals surface area contributed by atoms with Gasteiger partial charge in [0.25, 0.3) is 0 Å². The van der Waals surface area contributed by atoms with E-state index in [1.54, 1.807) is 0 Å². The second-order valence-electron chi connectivity index (χ2n) is 4.83. The summed E-state index contributed by atoms with van der Waals surface area (Å²) in [6, 6.07) is 5.88. The number of rotatable bonds is 5. The first-order chi connectivity index (χ1) is 7.28. The third-order valence-electron chi connectivity index (χ3n) is 3.37. The van der Waals surface area contributed by atoms with Crippen LogP contribution >= 0.6 is 11.3 Å². The zero-order valence-electron chi connectivity index (χ0n) is 9.70. The van der Waals surface area contributed by atoms with Crippen LogP contribution in [0.1, 0.15) is 38.0 Å². The summed E-state index contributed by atoms with van der Waals surface area (Å²) in [4.78, 5) is 1.52. The molecule has 1 unspecified atom stereocenters. The topological polar surface area (TPSA) is 12.0 Å². The third-order valence-corrected chi connectivity index (χ3v) is 4.26. The quantitative estimate of drug-likeness (QED) is 0.806. The van der Waals surface area contributed by atoms with E-state index < -0.39 is 0 Å². The lowest BCUT2D eigenvalue weighted by Crippen LogP contribution is -2.46. The average molecular weight is 223 g/mol. The van der Waals surface area contributed by atoms with Crippen LogP contribution in [0.15, 0.2) is 17.5 Å². The molecule has 0 amide bonds. The predicted molar refractivity (Wildman–Crippen MR) is 67.4 cm³/mol. The second kappa shape index (κ2) is 5.13. The largest absolute Gasteiger partial charge is 0.311 e. The molecule has 0 aromatic carbocycles. The van der Waals surface area contributed by atoms with Gasteiger partial charge in [-0.15, -0.1) is 11.3 Å². The Morgan fingerprint density at radius 3 is 2.87 bits per heavy atom. The second-order valence-corrected chi connectivity index (χ2v) is 5.86. The molecule has 1 aromatic heterocycles. The molecule has 0 bridgehead atoms. The van der Waals surface area contributed by atoms with Gasteiger partial charge in [-0.3, -0.25) is 0 Å². The Kier molecular flexibility index (Phi) is 3.81. The van der Waals surface area contributed by atoms with Crippen molar-refractivity contribution in [2.75, 3.05) is 0 Å². The van der Waals surface area contributed by atoms with E-state index in [1.807, 2.05) is 11.3 Å². The van der Waals surface area contributed by atoms with E-state index in [4.69, 9.17) is 0 Å². The highest BCUT2D eigenvalue weighted by molar-refractivity contribution is 7.09. The van der Waals surface area contributed by atoms with E-state index in [0.717, 1.165) is 12.0 Å². The number of thiophene rings is 1. The predicted octanol–water partition coefficient (Wildman–Crippen LogP) is 3.46. The van der Waals surface area contributed by atoms with E-state index in [1.165, 1.54) is 30.6 Å². The van der Waals surface area contributed by atoms with Crippen molar-refractivity contribution in [1.82, 2.24) is 5.32 Å². The summed E-state index contributed by atoms with van der Waals surface area (Å²) in [5, 5.41) is 5.95. The molecule has 1 saturated carbocycles. The summed E-state index contributed by atoms with van der Waals surface area (Å²) in [5.74, 6) is 0.946. The fourth-order valence-corrected chi connectivity index (χ4v) is 3.15. The van der Waals surface area contributed by atoms with Crippen molar-refractivity contribution in [3.63, 3.8) is 0 Å². The van der Waals surface area contributed by atoms with Crippen molar-refractivity contribution < 1.29 is 0 Å². The van der Waals surface area contributed by atoms with Gasteiger partial charge in [-0.25, -0.2) is 0 Å². The summed E-state index contributed by atoms with van der Waals surface area (Å²) < 4.78 is 0. The Morgan fingerprint density at radius 1 is 1.53 bits per heavy atom. The zero-order valence-corrected chi connectivity index (χ0v) is 10.5. The van der Waals surface area contributed by atoms with Crippen LogP contribution in [0.5, 0.6) is 0 Å². The number of hydrogen-bond acceptors (Lipinski definition) is 2. The fourth-order valence-electron chi connectivity index (χ4n) is 2.36. The molecule has 2 heteroatoms. The van der Waals surface area contributed by atoms with Crippen LogP contribution in [-0.4, -0.2) is 12.1 Å². The van der Waals surface area contributed by atoms with Gasteiger partial charge in [0, 0.05) is 17.0 Å². The molecule has 0 radical (unpaired) electrons. The molecule has 1 aliphatic rings. The molecule has 0 spiro atoms. The Hall–Kier alpha value is -0.340. The maximum Gasteiger partial charge on any atom is 0.0115 e. The summed E-state index contributed by atoms with van der Waals surface area (Å²) in [6.07, 6.45) is 5.20. The number of nitrogens with one attached hydrogen (secondary N) is 1. The van der Waals surface area contributed by atoms with Gasteiger partial charge in [-0.05, 0) is 43.0 Å². The molecule has 1 aliphatic carbocycles. The first-order valence-corrected chi connectivity index (χ1v) is 6.94. The van der Waals surface area contributed by atoms with E-state index in [2.05, 4.69) is 36.7 Å². The van der Waals surface area contributed by atoms with Crippen LogP contribution in [0, 0.1) is 5.92 Å². The van der Waals surface area contributed by atoms with Crippen LogP contribution in [0.4, 0.5) is 0 Å². The summed E-state index contributed by atoms with van der Waals surface area (Å²) in [7, 11) is 0. The standard InChI is InChI=1S/C13H21NS/c1-3-11(9-13-5-4-6-15-13)14-12-7-10(2)8-12/h4-6,10-12,14H,3,7-9H2,1-2H3. The highest BCUT2D eigenvalue weighted by Gasteiger charge is 2.26. The molecule has 0 aliphatic heterocycles. The van der Waals surface area contributed by atoms with E-state index in [0.29, 0.717) is 6.04 Å². The minimum atomic E-state index is 0.682. The smallest absolute Gasteiger partial charge is 0.0115 e. The molecular weight excluding hydrogens is 202 g/mol. The van der Waals surface area contributed by atoms with Crippen molar-refractivity contribution >= 4 is 11.3 Å². The van der Waals surface area contributed by atoms with Crippen molar-refractivity contribution in [1.29, 1.82) is 0 Å². The molecular formula is C13H21NS. The molecule has 1 aromatic rings. The minimum Gasteiger partial charge on any atom is -0.311 e. The van der Waals surface area contributed by atoms with Gasteiger partial charge in [0.05, 0.1) is 0 Å². The highest BCUT2D eigenvalue weighted by atomic mass is 32.1. The molecule has 84 valence electrons.